The Labute approximate surface area is 112 Å². The second kappa shape index (κ2) is 5.36. The van der Waals surface area contributed by atoms with Gasteiger partial charge in [0.2, 0.25) is 0 Å². The van der Waals surface area contributed by atoms with Crippen molar-refractivity contribution < 1.29 is 19.8 Å². The van der Waals surface area contributed by atoms with E-state index in [-0.39, 0.29) is 24.4 Å². The van der Waals surface area contributed by atoms with Gasteiger partial charge in [-0.2, -0.15) is 0 Å². The number of hydrogen-bond donors (Lipinski definition) is 3. The van der Waals surface area contributed by atoms with Crippen LogP contribution in [0.15, 0.2) is 0 Å². The number of nitrogens with zero attached hydrogens (tertiary/aromatic N) is 1. The first kappa shape index (κ1) is 14.1. The Kier molecular flexibility index (Phi) is 3.99. The summed E-state index contributed by atoms with van der Waals surface area (Å²) in [6.45, 7) is 2.82. The SMILES string of the molecule is CC1(CNC(=O)N2C[C@H](O)C[C@H]2C(=O)O)CCCC1. The average molecular weight is 270 g/mol. The summed E-state index contributed by atoms with van der Waals surface area (Å²) in [6.07, 6.45) is 3.93. The zero-order valence-corrected chi connectivity index (χ0v) is 11.3. The van der Waals surface area contributed by atoms with Gasteiger partial charge >= 0.3 is 12.0 Å². The lowest BCUT2D eigenvalue weighted by Gasteiger charge is -2.27. The molecule has 0 spiro atoms. The summed E-state index contributed by atoms with van der Waals surface area (Å²) >= 11 is 0. The Hall–Kier alpha value is -1.30. The number of carboxylic acid groups (broad SMARTS) is 1. The molecule has 0 aromatic heterocycles. The standard InChI is InChI=1S/C13H22N2O4/c1-13(4-2-3-5-13)8-14-12(19)15-7-9(16)6-10(15)11(17)18/h9-10,16H,2-8H2,1H3,(H,14,19)(H,17,18)/t9-,10+/m1/s1. The van der Waals surface area contributed by atoms with Gasteiger partial charge in [0.25, 0.3) is 0 Å². The number of aliphatic hydroxyl groups is 1. The van der Waals surface area contributed by atoms with Crippen LogP contribution in [-0.2, 0) is 4.79 Å². The minimum absolute atomic E-state index is 0.0967. The smallest absolute Gasteiger partial charge is 0.326 e. The molecule has 1 saturated heterocycles. The number of aliphatic carboxylic acids is 1. The lowest BCUT2D eigenvalue weighted by Crippen LogP contribution is -2.48. The van der Waals surface area contributed by atoms with E-state index in [1.165, 1.54) is 17.7 Å². The molecule has 19 heavy (non-hydrogen) atoms. The van der Waals surface area contributed by atoms with E-state index in [0.717, 1.165) is 12.8 Å². The molecule has 2 atom stereocenters. The first-order valence-corrected chi connectivity index (χ1v) is 6.87. The van der Waals surface area contributed by atoms with E-state index < -0.39 is 18.1 Å². The zero-order chi connectivity index (χ0) is 14.0. The van der Waals surface area contributed by atoms with Crippen molar-refractivity contribution >= 4 is 12.0 Å². The monoisotopic (exact) mass is 270 g/mol. The Bertz CT molecular complexity index is 366. The number of urea groups is 1. The van der Waals surface area contributed by atoms with Gasteiger partial charge in [-0.3, -0.25) is 0 Å². The van der Waals surface area contributed by atoms with Crippen LogP contribution in [0.4, 0.5) is 4.79 Å². The van der Waals surface area contributed by atoms with Crippen LogP contribution in [-0.4, -0.2) is 52.3 Å². The third-order valence-corrected chi connectivity index (χ3v) is 4.30. The molecular weight excluding hydrogens is 248 g/mol. The van der Waals surface area contributed by atoms with Crippen molar-refractivity contribution in [2.24, 2.45) is 5.41 Å². The minimum Gasteiger partial charge on any atom is -0.480 e. The number of aliphatic hydroxyl groups excluding tert-OH is 1. The van der Waals surface area contributed by atoms with Gasteiger partial charge in [0.15, 0.2) is 0 Å². The summed E-state index contributed by atoms with van der Waals surface area (Å²) in [5, 5.41) is 21.4. The first-order chi connectivity index (χ1) is 8.91. The van der Waals surface area contributed by atoms with Gasteiger partial charge in [0.05, 0.1) is 6.10 Å². The van der Waals surface area contributed by atoms with E-state index in [2.05, 4.69) is 12.2 Å². The molecule has 3 N–H and O–H groups in total. The fourth-order valence-corrected chi connectivity index (χ4v) is 3.07. The van der Waals surface area contributed by atoms with E-state index in [0.29, 0.717) is 6.54 Å². The van der Waals surface area contributed by atoms with Gasteiger partial charge in [0, 0.05) is 19.5 Å². The molecule has 0 unspecified atom stereocenters. The highest BCUT2D eigenvalue weighted by molar-refractivity contribution is 5.83. The molecule has 2 amide bonds. The highest BCUT2D eigenvalue weighted by Gasteiger charge is 2.39. The molecule has 1 aliphatic carbocycles. The van der Waals surface area contributed by atoms with Crippen molar-refractivity contribution in [3.8, 4) is 0 Å². The maximum Gasteiger partial charge on any atom is 0.326 e. The summed E-state index contributed by atoms with van der Waals surface area (Å²) in [5.41, 5.74) is 0.132. The molecule has 6 heteroatoms. The fourth-order valence-electron chi connectivity index (χ4n) is 3.07. The molecule has 108 valence electrons. The Morgan fingerprint density at radius 1 is 1.37 bits per heavy atom. The third kappa shape index (κ3) is 3.18. The number of rotatable bonds is 3. The third-order valence-electron chi connectivity index (χ3n) is 4.30. The van der Waals surface area contributed by atoms with Crippen molar-refractivity contribution in [2.45, 2.75) is 51.2 Å². The lowest BCUT2D eigenvalue weighted by atomic mass is 9.89. The van der Waals surface area contributed by atoms with Crippen molar-refractivity contribution in [1.82, 2.24) is 10.2 Å². The number of β-amino-alcohol motifs (C(OH)–C–C–N with tert-alkyl or cyclic N) is 1. The number of nitrogens with one attached hydrogen (secondary N) is 1. The van der Waals surface area contributed by atoms with E-state index >= 15 is 0 Å². The number of carbonyl (C=O) groups excluding carboxylic acids is 1. The first-order valence-electron chi connectivity index (χ1n) is 6.87. The molecule has 0 radical (unpaired) electrons. The number of carbonyl (C=O) groups is 2. The molecule has 1 heterocycles. The quantitative estimate of drug-likeness (QED) is 0.707. The predicted molar refractivity (Wildman–Crippen MR) is 68.7 cm³/mol. The van der Waals surface area contributed by atoms with E-state index in [9.17, 15) is 14.7 Å². The topological polar surface area (TPSA) is 89.9 Å². The molecule has 0 aromatic carbocycles. The number of likely N-dealkylation sites (tertiary alicyclic amines) is 1. The number of carboxylic acids is 1. The molecule has 6 nitrogen and oxygen atoms in total. The Morgan fingerprint density at radius 3 is 2.58 bits per heavy atom. The Morgan fingerprint density at radius 2 is 2.00 bits per heavy atom. The van der Waals surface area contributed by atoms with Gasteiger partial charge in [-0.05, 0) is 18.3 Å². The van der Waals surface area contributed by atoms with Gasteiger partial charge in [-0.1, -0.05) is 19.8 Å². The van der Waals surface area contributed by atoms with Gasteiger partial charge in [-0.25, -0.2) is 9.59 Å². The molecule has 2 fully saturated rings. The van der Waals surface area contributed by atoms with Crippen molar-refractivity contribution in [1.29, 1.82) is 0 Å². The molecule has 2 rings (SSSR count). The molecular formula is C13H22N2O4. The molecule has 0 aromatic rings. The summed E-state index contributed by atoms with van der Waals surface area (Å²) in [6, 6.07) is -1.29. The van der Waals surface area contributed by atoms with Crippen LogP contribution in [0.1, 0.15) is 39.0 Å². The highest BCUT2D eigenvalue weighted by atomic mass is 16.4. The number of hydrogen-bond acceptors (Lipinski definition) is 3. The van der Waals surface area contributed by atoms with Crippen LogP contribution in [0.25, 0.3) is 0 Å². The van der Waals surface area contributed by atoms with Gasteiger partial charge < -0.3 is 20.4 Å². The minimum atomic E-state index is -1.06. The number of amides is 2. The summed E-state index contributed by atoms with van der Waals surface area (Å²) in [5.74, 6) is -1.06. The maximum absolute atomic E-state index is 12.0. The summed E-state index contributed by atoms with van der Waals surface area (Å²) in [4.78, 5) is 24.3. The molecule has 2 aliphatic rings. The fraction of sp³-hybridized carbons (Fsp3) is 0.846. The van der Waals surface area contributed by atoms with E-state index in [1.54, 1.807) is 0 Å². The maximum atomic E-state index is 12.0. The van der Waals surface area contributed by atoms with Crippen LogP contribution in [0.2, 0.25) is 0 Å². The summed E-state index contributed by atoms with van der Waals surface area (Å²) < 4.78 is 0. The predicted octanol–water partition coefficient (Wildman–Crippen LogP) is 0.796. The van der Waals surface area contributed by atoms with Crippen molar-refractivity contribution in [3.05, 3.63) is 0 Å². The van der Waals surface area contributed by atoms with E-state index in [1.807, 2.05) is 0 Å². The Balaban J connectivity index is 1.90. The normalized spacial score (nSPS) is 29.5. The van der Waals surface area contributed by atoms with Crippen LogP contribution in [0.5, 0.6) is 0 Å². The van der Waals surface area contributed by atoms with Crippen molar-refractivity contribution in [3.63, 3.8) is 0 Å². The molecule has 0 bridgehead atoms. The van der Waals surface area contributed by atoms with Crippen LogP contribution in [0.3, 0.4) is 0 Å². The van der Waals surface area contributed by atoms with E-state index in [4.69, 9.17) is 5.11 Å². The highest BCUT2D eigenvalue weighted by Crippen LogP contribution is 2.36. The van der Waals surface area contributed by atoms with Crippen LogP contribution < -0.4 is 5.32 Å². The molecule has 1 saturated carbocycles. The van der Waals surface area contributed by atoms with Gasteiger partial charge in [0.1, 0.15) is 6.04 Å². The second-order valence-corrected chi connectivity index (χ2v) is 6.07. The van der Waals surface area contributed by atoms with Gasteiger partial charge in [-0.15, -0.1) is 0 Å². The molecule has 1 aliphatic heterocycles. The largest absolute Gasteiger partial charge is 0.480 e. The second-order valence-electron chi connectivity index (χ2n) is 6.07. The van der Waals surface area contributed by atoms with Crippen LogP contribution >= 0.6 is 0 Å². The summed E-state index contributed by atoms with van der Waals surface area (Å²) in [7, 11) is 0. The van der Waals surface area contributed by atoms with Crippen molar-refractivity contribution in [2.75, 3.05) is 13.1 Å². The zero-order valence-electron chi connectivity index (χ0n) is 11.3. The average Bonchev–Trinajstić information content (AvgIpc) is 2.93. The lowest BCUT2D eigenvalue weighted by molar-refractivity contribution is -0.141. The van der Waals surface area contributed by atoms with Crippen LogP contribution in [0, 0.1) is 5.41 Å².